The van der Waals surface area contributed by atoms with Gasteiger partial charge in [0.25, 0.3) is 0 Å². The van der Waals surface area contributed by atoms with E-state index in [9.17, 15) is 9.90 Å². The fourth-order valence-corrected chi connectivity index (χ4v) is 2.40. The van der Waals surface area contributed by atoms with E-state index in [1.807, 2.05) is 0 Å². The molecule has 1 aliphatic heterocycles. The average Bonchev–Trinajstić information content (AvgIpc) is 2.83. The van der Waals surface area contributed by atoms with Crippen LogP contribution in [0.2, 0.25) is 0 Å². The Hall–Kier alpha value is -1.40. The Labute approximate surface area is 106 Å². The summed E-state index contributed by atoms with van der Waals surface area (Å²) in [7, 11) is 1.79. The van der Waals surface area contributed by atoms with Crippen molar-refractivity contribution in [2.75, 3.05) is 13.2 Å². The molecule has 0 spiro atoms. The molecule has 1 aromatic heterocycles. The zero-order valence-corrected chi connectivity index (χ0v) is 10.6. The van der Waals surface area contributed by atoms with Crippen molar-refractivity contribution < 1.29 is 9.90 Å². The van der Waals surface area contributed by atoms with Crippen LogP contribution in [0.4, 0.5) is 0 Å². The van der Waals surface area contributed by atoms with Crippen molar-refractivity contribution in [2.24, 2.45) is 12.8 Å². The Morgan fingerprint density at radius 2 is 2.44 bits per heavy atom. The van der Waals surface area contributed by atoms with Crippen molar-refractivity contribution in [3.8, 4) is 0 Å². The van der Waals surface area contributed by atoms with Crippen LogP contribution in [0.15, 0.2) is 12.4 Å². The smallest absolute Gasteiger partial charge is 0.244 e. The molecule has 2 rings (SSSR count). The van der Waals surface area contributed by atoms with Gasteiger partial charge in [0, 0.05) is 25.4 Å². The van der Waals surface area contributed by atoms with Gasteiger partial charge >= 0.3 is 0 Å². The number of aromatic nitrogens is 2. The fraction of sp³-hybridized carbons (Fsp3) is 0.667. The minimum absolute atomic E-state index is 0.00546. The first-order valence-electron chi connectivity index (χ1n) is 6.29. The third-order valence-corrected chi connectivity index (χ3v) is 3.47. The number of aliphatic hydroxyl groups excluding tert-OH is 1. The normalized spacial score (nSPS) is 21.9. The van der Waals surface area contributed by atoms with Crippen LogP contribution >= 0.6 is 0 Å². The molecule has 1 saturated heterocycles. The number of rotatable bonds is 3. The maximum absolute atomic E-state index is 12.3. The number of aryl methyl sites for hydroxylation is 1. The van der Waals surface area contributed by atoms with Gasteiger partial charge in [-0.2, -0.15) is 5.10 Å². The molecule has 1 aliphatic rings. The number of aliphatic hydroxyl groups is 1. The molecule has 0 aliphatic carbocycles. The summed E-state index contributed by atoms with van der Waals surface area (Å²) in [6, 6.07) is -0.778. The number of hydrogen-bond donors (Lipinski definition) is 2. The molecular formula is C12H20N4O2. The van der Waals surface area contributed by atoms with Crippen LogP contribution < -0.4 is 5.73 Å². The second kappa shape index (κ2) is 5.49. The van der Waals surface area contributed by atoms with Crippen LogP contribution in [0.3, 0.4) is 0 Å². The lowest BCUT2D eigenvalue weighted by molar-refractivity contribution is -0.137. The van der Waals surface area contributed by atoms with Crippen LogP contribution in [-0.4, -0.2) is 44.9 Å². The molecule has 0 saturated carbocycles. The predicted octanol–water partition coefficient (Wildman–Crippen LogP) is -0.207. The molecule has 0 bridgehead atoms. The van der Waals surface area contributed by atoms with Gasteiger partial charge in [0.2, 0.25) is 5.91 Å². The number of likely N-dealkylation sites (tertiary alicyclic amines) is 1. The zero-order chi connectivity index (χ0) is 13.1. The summed E-state index contributed by atoms with van der Waals surface area (Å²) >= 11 is 0. The molecule has 1 fully saturated rings. The van der Waals surface area contributed by atoms with Gasteiger partial charge in [0.15, 0.2) is 0 Å². The summed E-state index contributed by atoms with van der Waals surface area (Å²) in [6.45, 7) is 0.684. The zero-order valence-electron chi connectivity index (χ0n) is 10.6. The van der Waals surface area contributed by atoms with Crippen LogP contribution in [0.5, 0.6) is 0 Å². The van der Waals surface area contributed by atoms with Crippen LogP contribution in [0, 0.1) is 0 Å². The number of nitrogens with two attached hydrogens (primary N) is 1. The van der Waals surface area contributed by atoms with Crippen molar-refractivity contribution >= 4 is 5.91 Å². The van der Waals surface area contributed by atoms with E-state index in [0.29, 0.717) is 12.1 Å². The highest BCUT2D eigenvalue weighted by Crippen LogP contribution is 2.21. The first-order chi connectivity index (χ1) is 8.63. The maximum atomic E-state index is 12.3. The summed E-state index contributed by atoms with van der Waals surface area (Å²) < 4.78 is 1.63. The molecule has 18 heavy (non-hydrogen) atoms. The standard InChI is InChI=1S/C12H20N4O2/c1-15-7-9(6-14-15)11(13)12(18)16-5-3-2-4-10(16)8-17/h6-7,10-11,17H,2-5,8,13H2,1H3. The lowest BCUT2D eigenvalue weighted by Crippen LogP contribution is -2.49. The molecule has 1 amide bonds. The number of carbonyl (C=O) groups is 1. The summed E-state index contributed by atoms with van der Waals surface area (Å²) in [5.41, 5.74) is 6.69. The summed E-state index contributed by atoms with van der Waals surface area (Å²) in [6.07, 6.45) is 6.24. The summed E-state index contributed by atoms with van der Waals surface area (Å²) in [5, 5.41) is 13.3. The summed E-state index contributed by atoms with van der Waals surface area (Å²) in [4.78, 5) is 14.0. The van der Waals surface area contributed by atoms with Crippen LogP contribution in [-0.2, 0) is 11.8 Å². The minimum Gasteiger partial charge on any atom is -0.394 e. The molecular weight excluding hydrogens is 232 g/mol. The number of hydrogen-bond acceptors (Lipinski definition) is 4. The van der Waals surface area contributed by atoms with Crippen LogP contribution in [0.1, 0.15) is 30.9 Å². The van der Waals surface area contributed by atoms with E-state index in [0.717, 1.165) is 19.3 Å². The Balaban J connectivity index is 2.09. The second-order valence-electron chi connectivity index (χ2n) is 4.79. The Morgan fingerprint density at radius 3 is 3.06 bits per heavy atom. The molecule has 6 nitrogen and oxygen atoms in total. The highest BCUT2D eigenvalue weighted by atomic mass is 16.3. The predicted molar refractivity (Wildman–Crippen MR) is 66.6 cm³/mol. The lowest BCUT2D eigenvalue weighted by atomic mass is 10.0. The van der Waals surface area contributed by atoms with Gasteiger partial charge in [-0.1, -0.05) is 0 Å². The summed E-state index contributed by atoms with van der Waals surface area (Å²) in [5.74, 6) is -0.123. The van der Waals surface area contributed by atoms with E-state index in [1.165, 1.54) is 0 Å². The SMILES string of the molecule is Cn1cc(C(N)C(=O)N2CCCCC2CO)cn1. The Morgan fingerprint density at radius 1 is 1.67 bits per heavy atom. The number of nitrogens with zero attached hydrogens (tertiary/aromatic N) is 3. The van der Waals surface area contributed by atoms with Crippen molar-refractivity contribution in [1.29, 1.82) is 0 Å². The molecule has 3 N–H and O–H groups in total. The van der Waals surface area contributed by atoms with Crippen molar-refractivity contribution in [3.05, 3.63) is 18.0 Å². The van der Waals surface area contributed by atoms with Gasteiger partial charge < -0.3 is 15.7 Å². The fourth-order valence-electron chi connectivity index (χ4n) is 2.40. The molecule has 2 heterocycles. The topological polar surface area (TPSA) is 84.4 Å². The first kappa shape index (κ1) is 13.0. The Bertz CT molecular complexity index is 418. The van der Waals surface area contributed by atoms with Gasteiger partial charge in [-0.3, -0.25) is 9.48 Å². The van der Waals surface area contributed by atoms with Gasteiger partial charge in [0.05, 0.1) is 18.8 Å². The first-order valence-corrected chi connectivity index (χ1v) is 6.29. The molecule has 0 aromatic carbocycles. The second-order valence-corrected chi connectivity index (χ2v) is 4.79. The molecule has 2 unspecified atom stereocenters. The van der Waals surface area contributed by atoms with Gasteiger partial charge in [-0.15, -0.1) is 0 Å². The van der Waals surface area contributed by atoms with E-state index in [2.05, 4.69) is 5.10 Å². The minimum atomic E-state index is -0.689. The lowest BCUT2D eigenvalue weighted by Gasteiger charge is -2.36. The molecule has 1 aromatic rings. The Kier molecular flexibility index (Phi) is 3.98. The van der Waals surface area contributed by atoms with Gasteiger partial charge in [-0.05, 0) is 19.3 Å². The number of piperidine rings is 1. The van der Waals surface area contributed by atoms with Gasteiger partial charge in [-0.25, -0.2) is 0 Å². The van der Waals surface area contributed by atoms with Crippen molar-refractivity contribution in [3.63, 3.8) is 0 Å². The maximum Gasteiger partial charge on any atom is 0.244 e. The quantitative estimate of drug-likeness (QED) is 0.780. The molecule has 100 valence electrons. The molecule has 2 atom stereocenters. The number of carbonyl (C=O) groups excluding carboxylic acids is 1. The molecule has 6 heteroatoms. The highest BCUT2D eigenvalue weighted by Gasteiger charge is 2.30. The van der Waals surface area contributed by atoms with E-state index in [1.54, 1.807) is 29.0 Å². The molecule has 0 radical (unpaired) electrons. The van der Waals surface area contributed by atoms with Crippen LogP contribution in [0.25, 0.3) is 0 Å². The van der Waals surface area contributed by atoms with Crippen molar-refractivity contribution in [1.82, 2.24) is 14.7 Å². The largest absolute Gasteiger partial charge is 0.394 e. The monoisotopic (exact) mass is 252 g/mol. The average molecular weight is 252 g/mol. The van der Waals surface area contributed by atoms with E-state index in [-0.39, 0.29) is 18.6 Å². The third-order valence-electron chi connectivity index (χ3n) is 3.47. The third kappa shape index (κ3) is 2.54. The van der Waals surface area contributed by atoms with Crippen molar-refractivity contribution in [2.45, 2.75) is 31.3 Å². The van der Waals surface area contributed by atoms with E-state index >= 15 is 0 Å². The highest BCUT2D eigenvalue weighted by molar-refractivity contribution is 5.83. The number of amides is 1. The van der Waals surface area contributed by atoms with E-state index < -0.39 is 6.04 Å². The van der Waals surface area contributed by atoms with E-state index in [4.69, 9.17) is 5.73 Å². The van der Waals surface area contributed by atoms with Gasteiger partial charge in [0.1, 0.15) is 6.04 Å².